The molecule has 2 rings (SSSR count). The zero-order chi connectivity index (χ0) is 14.0. The lowest BCUT2D eigenvalue weighted by Gasteiger charge is -2.31. The maximum atomic E-state index is 12.7. The van der Waals surface area contributed by atoms with Crippen molar-refractivity contribution in [2.75, 3.05) is 13.1 Å². The molecule has 1 aromatic rings. The summed E-state index contributed by atoms with van der Waals surface area (Å²) in [6.45, 7) is 3.39. The maximum absolute atomic E-state index is 12.7. The summed E-state index contributed by atoms with van der Waals surface area (Å²) >= 11 is 6.69. The quantitative estimate of drug-likeness (QED) is 0.754. The van der Waals surface area contributed by atoms with Gasteiger partial charge in [0.15, 0.2) is 0 Å². The number of halogens is 2. The molecule has 0 aliphatic carbocycles. The van der Waals surface area contributed by atoms with Crippen molar-refractivity contribution in [2.24, 2.45) is 5.92 Å². The third-order valence-corrected chi connectivity index (χ3v) is 6.91. The fourth-order valence-corrected chi connectivity index (χ4v) is 5.66. The Balaban J connectivity index is 2.31. The van der Waals surface area contributed by atoms with E-state index in [2.05, 4.69) is 38.8 Å². The van der Waals surface area contributed by atoms with Crippen molar-refractivity contribution in [1.29, 1.82) is 0 Å². The summed E-state index contributed by atoms with van der Waals surface area (Å²) in [7, 11) is -3.39. The predicted octanol–water partition coefficient (Wildman–Crippen LogP) is 4.02. The first-order valence-corrected chi connectivity index (χ1v) is 9.43. The van der Waals surface area contributed by atoms with Crippen molar-refractivity contribution < 1.29 is 8.42 Å². The molecular weight excluding hydrogens is 394 g/mol. The van der Waals surface area contributed by atoms with E-state index in [1.807, 2.05) is 0 Å². The van der Waals surface area contributed by atoms with Crippen LogP contribution in [0.15, 0.2) is 32.0 Å². The van der Waals surface area contributed by atoms with Crippen molar-refractivity contribution in [1.82, 2.24) is 4.31 Å². The van der Waals surface area contributed by atoms with Crippen LogP contribution < -0.4 is 0 Å². The van der Waals surface area contributed by atoms with Crippen LogP contribution in [0.1, 0.15) is 26.2 Å². The second-order valence-electron chi connectivity index (χ2n) is 4.85. The van der Waals surface area contributed by atoms with Crippen LogP contribution in [-0.2, 0) is 10.0 Å². The standard InChI is InChI=1S/C13H17Br2NO2S/c1-2-10-4-3-7-16(9-10)19(17,18)13-6-5-11(14)8-12(13)15/h5-6,8,10H,2-4,7,9H2,1H3. The Morgan fingerprint density at radius 2 is 2.11 bits per heavy atom. The first kappa shape index (κ1) is 15.5. The second-order valence-corrected chi connectivity index (χ2v) is 8.53. The van der Waals surface area contributed by atoms with E-state index >= 15 is 0 Å². The molecule has 0 bridgehead atoms. The molecule has 1 atom stereocenters. The van der Waals surface area contributed by atoms with Gasteiger partial charge in [-0.2, -0.15) is 4.31 Å². The summed E-state index contributed by atoms with van der Waals surface area (Å²) < 4.78 is 28.4. The summed E-state index contributed by atoms with van der Waals surface area (Å²) in [6, 6.07) is 5.19. The first-order chi connectivity index (χ1) is 8.95. The molecule has 1 aliphatic heterocycles. The Labute approximate surface area is 131 Å². The Kier molecular flexibility index (Phi) is 5.09. The molecule has 0 amide bonds. The van der Waals surface area contributed by atoms with Crippen molar-refractivity contribution in [2.45, 2.75) is 31.1 Å². The van der Waals surface area contributed by atoms with Crippen LogP contribution in [0.3, 0.4) is 0 Å². The van der Waals surface area contributed by atoms with Gasteiger partial charge in [0.1, 0.15) is 0 Å². The molecule has 19 heavy (non-hydrogen) atoms. The molecule has 0 aromatic heterocycles. The molecule has 6 heteroatoms. The SMILES string of the molecule is CCC1CCCN(S(=O)(=O)c2ccc(Br)cc2Br)C1. The van der Waals surface area contributed by atoms with E-state index in [0.717, 1.165) is 23.7 Å². The van der Waals surface area contributed by atoms with Crippen LogP contribution in [-0.4, -0.2) is 25.8 Å². The van der Waals surface area contributed by atoms with Gasteiger partial charge in [0.05, 0.1) is 4.90 Å². The van der Waals surface area contributed by atoms with Gasteiger partial charge in [-0.15, -0.1) is 0 Å². The van der Waals surface area contributed by atoms with E-state index in [4.69, 9.17) is 0 Å². The summed E-state index contributed by atoms with van der Waals surface area (Å²) in [6.07, 6.45) is 3.11. The molecule has 1 heterocycles. The van der Waals surface area contributed by atoms with Gasteiger partial charge in [-0.05, 0) is 52.9 Å². The van der Waals surface area contributed by atoms with E-state index in [0.29, 0.717) is 28.4 Å². The lowest BCUT2D eigenvalue weighted by molar-refractivity contribution is 0.261. The summed E-state index contributed by atoms with van der Waals surface area (Å²) in [5.74, 6) is 0.484. The second kappa shape index (κ2) is 6.24. The number of hydrogen-bond donors (Lipinski definition) is 0. The Bertz CT molecular complexity index is 560. The highest BCUT2D eigenvalue weighted by Crippen LogP contribution is 2.31. The molecule has 0 N–H and O–H groups in total. The maximum Gasteiger partial charge on any atom is 0.244 e. The molecule has 1 unspecified atom stereocenters. The van der Waals surface area contributed by atoms with Crippen molar-refractivity contribution in [3.05, 3.63) is 27.1 Å². The van der Waals surface area contributed by atoms with Gasteiger partial charge in [0, 0.05) is 22.0 Å². The zero-order valence-corrected chi connectivity index (χ0v) is 14.8. The van der Waals surface area contributed by atoms with Gasteiger partial charge in [-0.25, -0.2) is 8.42 Å². The fraction of sp³-hybridized carbons (Fsp3) is 0.538. The molecule has 1 saturated heterocycles. The molecule has 0 saturated carbocycles. The predicted molar refractivity (Wildman–Crippen MR) is 83.6 cm³/mol. The largest absolute Gasteiger partial charge is 0.244 e. The van der Waals surface area contributed by atoms with E-state index in [-0.39, 0.29) is 0 Å². The van der Waals surface area contributed by atoms with Gasteiger partial charge in [0.25, 0.3) is 0 Å². The van der Waals surface area contributed by atoms with Crippen LogP contribution in [0.25, 0.3) is 0 Å². The minimum absolute atomic E-state index is 0.354. The van der Waals surface area contributed by atoms with E-state index in [1.54, 1.807) is 22.5 Å². The van der Waals surface area contributed by atoms with Gasteiger partial charge < -0.3 is 0 Å². The highest BCUT2D eigenvalue weighted by molar-refractivity contribution is 9.11. The van der Waals surface area contributed by atoms with E-state index in [1.165, 1.54) is 0 Å². The molecule has 1 aromatic carbocycles. The number of benzene rings is 1. The fourth-order valence-electron chi connectivity index (χ4n) is 2.40. The Morgan fingerprint density at radius 3 is 2.74 bits per heavy atom. The molecular formula is C13H17Br2NO2S. The third kappa shape index (κ3) is 3.40. The number of piperidine rings is 1. The normalized spacial score (nSPS) is 21.5. The first-order valence-electron chi connectivity index (χ1n) is 6.40. The molecule has 0 radical (unpaired) electrons. The highest BCUT2D eigenvalue weighted by atomic mass is 79.9. The molecule has 3 nitrogen and oxygen atoms in total. The molecule has 1 aliphatic rings. The topological polar surface area (TPSA) is 37.4 Å². The van der Waals surface area contributed by atoms with Crippen LogP contribution in [0.5, 0.6) is 0 Å². The van der Waals surface area contributed by atoms with Crippen molar-refractivity contribution in [3.63, 3.8) is 0 Å². The van der Waals surface area contributed by atoms with Crippen molar-refractivity contribution >= 4 is 41.9 Å². The zero-order valence-electron chi connectivity index (χ0n) is 10.8. The number of rotatable bonds is 3. The van der Waals surface area contributed by atoms with Gasteiger partial charge in [0.2, 0.25) is 10.0 Å². The monoisotopic (exact) mass is 409 g/mol. The number of sulfonamides is 1. The van der Waals surface area contributed by atoms with Crippen LogP contribution in [0.2, 0.25) is 0 Å². The van der Waals surface area contributed by atoms with Gasteiger partial charge in [-0.3, -0.25) is 0 Å². The van der Waals surface area contributed by atoms with Gasteiger partial charge in [-0.1, -0.05) is 29.3 Å². The minimum atomic E-state index is -3.39. The average Bonchev–Trinajstić information content (AvgIpc) is 2.38. The van der Waals surface area contributed by atoms with Crippen LogP contribution in [0.4, 0.5) is 0 Å². The van der Waals surface area contributed by atoms with E-state index in [9.17, 15) is 8.42 Å². The molecule has 0 spiro atoms. The van der Waals surface area contributed by atoms with Crippen molar-refractivity contribution in [3.8, 4) is 0 Å². The molecule has 1 fully saturated rings. The number of nitrogens with zero attached hydrogens (tertiary/aromatic N) is 1. The van der Waals surface area contributed by atoms with Crippen LogP contribution >= 0.6 is 31.9 Å². The number of hydrogen-bond acceptors (Lipinski definition) is 2. The Morgan fingerprint density at radius 1 is 1.37 bits per heavy atom. The molecule has 106 valence electrons. The average molecular weight is 411 g/mol. The summed E-state index contributed by atoms with van der Waals surface area (Å²) in [5, 5.41) is 0. The van der Waals surface area contributed by atoms with Crippen LogP contribution in [0, 0.1) is 5.92 Å². The third-order valence-electron chi connectivity index (χ3n) is 3.57. The lowest BCUT2D eigenvalue weighted by atomic mass is 9.97. The smallest absolute Gasteiger partial charge is 0.207 e. The lowest BCUT2D eigenvalue weighted by Crippen LogP contribution is -2.39. The van der Waals surface area contributed by atoms with Gasteiger partial charge >= 0.3 is 0 Å². The minimum Gasteiger partial charge on any atom is -0.207 e. The summed E-state index contributed by atoms with van der Waals surface area (Å²) in [4.78, 5) is 0.354. The van der Waals surface area contributed by atoms with E-state index < -0.39 is 10.0 Å². The summed E-state index contributed by atoms with van der Waals surface area (Å²) in [5.41, 5.74) is 0. The highest BCUT2D eigenvalue weighted by Gasteiger charge is 2.30. The Hall–Kier alpha value is 0.0900.